The maximum atomic E-state index is 6.04. The fourth-order valence-electron chi connectivity index (χ4n) is 1.04. The Morgan fingerprint density at radius 2 is 2.15 bits per heavy atom. The Labute approximate surface area is 83.4 Å². The second-order valence-corrected chi connectivity index (χ2v) is 2.95. The van der Waals surface area contributed by atoms with Crippen LogP contribution >= 0.6 is 11.6 Å². The first-order chi connectivity index (χ1) is 6.29. The summed E-state index contributed by atoms with van der Waals surface area (Å²) in [5.41, 5.74) is 0.961. The third-order valence-corrected chi connectivity index (χ3v) is 2.15. The van der Waals surface area contributed by atoms with Gasteiger partial charge in [-0.15, -0.1) is 0 Å². The molecule has 0 unspecified atom stereocenters. The van der Waals surface area contributed by atoms with Crippen molar-refractivity contribution in [3.8, 4) is 5.75 Å². The van der Waals surface area contributed by atoms with Crippen LogP contribution in [-0.2, 0) is 11.3 Å². The van der Waals surface area contributed by atoms with Crippen LogP contribution in [0.25, 0.3) is 0 Å². The number of halogens is 1. The van der Waals surface area contributed by atoms with Crippen LogP contribution in [0.5, 0.6) is 5.75 Å². The summed E-state index contributed by atoms with van der Waals surface area (Å²) in [6.07, 6.45) is 0. The fourth-order valence-corrected chi connectivity index (χ4v) is 1.30. The van der Waals surface area contributed by atoms with E-state index in [1.54, 1.807) is 7.11 Å². The van der Waals surface area contributed by atoms with Crippen molar-refractivity contribution in [1.82, 2.24) is 0 Å². The minimum atomic E-state index is 0.534. The molecule has 0 heterocycles. The predicted octanol–water partition coefficient (Wildman–Crippen LogP) is 2.89. The molecule has 0 bridgehead atoms. The maximum absolute atomic E-state index is 6.04. The average Bonchev–Trinajstić information content (AvgIpc) is 2.16. The van der Waals surface area contributed by atoms with E-state index in [-0.39, 0.29) is 0 Å². The highest BCUT2D eigenvalue weighted by molar-refractivity contribution is 6.32. The van der Waals surface area contributed by atoms with Gasteiger partial charge in [0.05, 0.1) is 18.7 Å². The van der Waals surface area contributed by atoms with E-state index in [0.29, 0.717) is 24.0 Å². The van der Waals surface area contributed by atoms with Gasteiger partial charge in [-0.25, -0.2) is 0 Å². The fraction of sp³-hybridized carbons (Fsp3) is 0.400. The van der Waals surface area contributed by atoms with Crippen molar-refractivity contribution in [2.45, 2.75) is 13.5 Å². The van der Waals surface area contributed by atoms with E-state index in [4.69, 9.17) is 21.1 Å². The van der Waals surface area contributed by atoms with Gasteiger partial charge in [-0.2, -0.15) is 0 Å². The van der Waals surface area contributed by atoms with Gasteiger partial charge < -0.3 is 9.47 Å². The van der Waals surface area contributed by atoms with E-state index in [1.165, 1.54) is 0 Å². The summed E-state index contributed by atoms with van der Waals surface area (Å²) in [7, 11) is 1.60. The number of ether oxygens (including phenoxy) is 2. The molecule has 0 atom stereocenters. The number of methoxy groups -OCH3 is 1. The lowest BCUT2D eigenvalue weighted by Crippen LogP contribution is -1.94. The Hall–Kier alpha value is -0.730. The SMILES string of the molecule is CCOCc1cccc(OC)c1Cl. The molecule has 0 N–H and O–H groups in total. The van der Waals surface area contributed by atoms with Gasteiger partial charge in [-0.05, 0) is 13.0 Å². The molecule has 0 aliphatic rings. The van der Waals surface area contributed by atoms with Crippen molar-refractivity contribution >= 4 is 11.6 Å². The molecule has 0 aliphatic carbocycles. The van der Waals surface area contributed by atoms with Crippen LogP contribution in [0.4, 0.5) is 0 Å². The molecule has 2 nitrogen and oxygen atoms in total. The first kappa shape index (κ1) is 10.4. The highest BCUT2D eigenvalue weighted by Gasteiger charge is 2.05. The van der Waals surface area contributed by atoms with E-state index < -0.39 is 0 Å². The molecule has 1 rings (SSSR count). The molecule has 0 radical (unpaired) electrons. The Morgan fingerprint density at radius 1 is 1.38 bits per heavy atom. The van der Waals surface area contributed by atoms with E-state index in [0.717, 1.165) is 5.56 Å². The normalized spacial score (nSPS) is 10.1. The molecule has 13 heavy (non-hydrogen) atoms. The van der Waals surface area contributed by atoms with Crippen molar-refractivity contribution in [1.29, 1.82) is 0 Å². The summed E-state index contributed by atoms with van der Waals surface area (Å²) in [6.45, 7) is 3.17. The van der Waals surface area contributed by atoms with Gasteiger partial charge in [0.15, 0.2) is 0 Å². The Kier molecular flexibility index (Phi) is 4.06. The lowest BCUT2D eigenvalue weighted by Gasteiger charge is -2.07. The minimum Gasteiger partial charge on any atom is -0.495 e. The zero-order valence-electron chi connectivity index (χ0n) is 7.84. The molecular formula is C10H13ClO2. The molecule has 0 amide bonds. The highest BCUT2D eigenvalue weighted by atomic mass is 35.5. The number of hydrogen-bond donors (Lipinski definition) is 0. The van der Waals surface area contributed by atoms with E-state index in [9.17, 15) is 0 Å². The summed E-state index contributed by atoms with van der Waals surface area (Å²) in [4.78, 5) is 0. The van der Waals surface area contributed by atoms with Gasteiger partial charge in [0.2, 0.25) is 0 Å². The third kappa shape index (κ3) is 2.61. The second kappa shape index (κ2) is 5.10. The Bertz CT molecular complexity index is 274. The summed E-state index contributed by atoms with van der Waals surface area (Å²) in [5.74, 6) is 0.693. The lowest BCUT2D eigenvalue weighted by atomic mass is 10.2. The van der Waals surface area contributed by atoms with Crippen LogP contribution in [0.3, 0.4) is 0 Å². The van der Waals surface area contributed by atoms with E-state index >= 15 is 0 Å². The van der Waals surface area contributed by atoms with Gasteiger partial charge in [0.1, 0.15) is 5.75 Å². The average molecular weight is 201 g/mol. The predicted molar refractivity (Wildman–Crippen MR) is 53.3 cm³/mol. The summed E-state index contributed by atoms with van der Waals surface area (Å²) in [6, 6.07) is 5.66. The first-order valence-corrected chi connectivity index (χ1v) is 4.56. The van der Waals surface area contributed by atoms with Gasteiger partial charge in [-0.1, -0.05) is 23.7 Å². The van der Waals surface area contributed by atoms with Gasteiger partial charge >= 0.3 is 0 Å². The molecule has 72 valence electrons. The third-order valence-electron chi connectivity index (χ3n) is 1.72. The molecular weight excluding hydrogens is 188 g/mol. The van der Waals surface area contributed by atoms with Gasteiger partial charge in [0, 0.05) is 12.2 Å². The van der Waals surface area contributed by atoms with Gasteiger partial charge in [-0.3, -0.25) is 0 Å². The molecule has 0 spiro atoms. The van der Waals surface area contributed by atoms with Crippen molar-refractivity contribution in [2.24, 2.45) is 0 Å². The smallest absolute Gasteiger partial charge is 0.137 e. The van der Waals surface area contributed by atoms with Crippen LogP contribution in [-0.4, -0.2) is 13.7 Å². The van der Waals surface area contributed by atoms with E-state index in [1.807, 2.05) is 25.1 Å². The van der Waals surface area contributed by atoms with Crippen molar-refractivity contribution in [2.75, 3.05) is 13.7 Å². The Morgan fingerprint density at radius 3 is 2.77 bits per heavy atom. The van der Waals surface area contributed by atoms with Crippen LogP contribution < -0.4 is 4.74 Å². The quantitative estimate of drug-likeness (QED) is 0.744. The molecule has 1 aromatic rings. The molecule has 0 saturated heterocycles. The van der Waals surface area contributed by atoms with E-state index in [2.05, 4.69) is 0 Å². The van der Waals surface area contributed by atoms with Crippen LogP contribution in [0.15, 0.2) is 18.2 Å². The second-order valence-electron chi connectivity index (χ2n) is 2.57. The van der Waals surface area contributed by atoms with Crippen LogP contribution in [0.2, 0.25) is 5.02 Å². The zero-order chi connectivity index (χ0) is 9.68. The molecule has 3 heteroatoms. The number of benzene rings is 1. The van der Waals surface area contributed by atoms with Crippen molar-refractivity contribution in [3.63, 3.8) is 0 Å². The Balaban J connectivity index is 2.81. The lowest BCUT2D eigenvalue weighted by molar-refractivity contribution is 0.134. The topological polar surface area (TPSA) is 18.5 Å². The molecule has 1 aromatic carbocycles. The summed E-state index contributed by atoms with van der Waals surface area (Å²) >= 11 is 6.04. The van der Waals surface area contributed by atoms with Crippen LogP contribution in [0, 0.1) is 0 Å². The maximum Gasteiger partial charge on any atom is 0.137 e. The van der Waals surface area contributed by atoms with Crippen LogP contribution in [0.1, 0.15) is 12.5 Å². The molecule has 0 aliphatic heterocycles. The number of hydrogen-bond acceptors (Lipinski definition) is 2. The summed E-state index contributed by atoms with van der Waals surface area (Å²) in [5, 5.41) is 0.637. The largest absolute Gasteiger partial charge is 0.495 e. The highest BCUT2D eigenvalue weighted by Crippen LogP contribution is 2.27. The van der Waals surface area contributed by atoms with Crippen molar-refractivity contribution in [3.05, 3.63) is 28.8 Å². The first-order valence-electron chi connectivity index (χ1n) is 4.18. The molecule has 0 saturated carbocycles. The number of rotatable bonds is 4. The van der Waals surface area contributed by atoms with Gasteiger partial charge in [0.25, 0.3) is 0 Å². The molecule has 0 fully saturated rings. The van der Waals surface area contributed by atoms with Crippen molar-refractivity contribution < 1.29 is 9.47 Å². The monoisotopic (exact) mass is 200 g/mol. The standard InChI is InChI=1S/C10H13ClO2/c1-3-13-7-8-5-4-6-9(12-2)10(8)11/h4-6H,3,7H2,1-2H3. The molecule has 0 aromatic heterocycles. The zero-order valence-corrected chi connectivity index (χ0v) is 8.60. The minimum absolute atomic E-state index is 0.534. The summed E-state index contributed by atoms with van der Waals surface area (Å²) < 4.78 is 10.3.